The van der Waals surface area contributed by atoms with Crippen LogP contribution in [0, 0.1) is 5.41 Å². The Balaban J connectivity index is 1.47. The molecule has 0 saturated carbocycles. The second-order valence-electron chi connectivity index (χ2n) is 9.21. The Hall–Kier alpha value is -3.22. The first-order valence-corrected chi connectivity index (χ1v) is 11.2. The molecule has 3 heterocycles. The van der Waals surface area contributed by atoms with Gasteiger partial charge in [-0.1, -0.05) is 31.2 Å². The summed E-state index contributed by atoms with van der Waals surface area (Å²) < 4.78 is 0. The van der Waals surface area contributed by atoms with E-state index in [1.54, 1.807) is 17.2 Å². The van der Waals surface area contributed by atoms with Crippen molar-refractivity contribution in [2.45, 2.75) is 38.0 Å². The molecule has 0 unspecified atom stereocenters. The molecule has 7 nitrogen and oxygen atoms in total. The summed E-state index contributed by atoms with van der Waals surface area (Å²) in [6.07, 6.45) is 4.11. The largest absolute Gasteiger partial charge is 0.369 e. The monoisotopic (exact) mass is 434 g/mol. The Labute approximate surface area is 188 Å². The number of pyridine rings is 1. The number of carbonyl (C=O) groups is 3. The zero-order valence-corrected chi connectivity index (χ0v) is 18.5. The van der Waals surface area contributed by atoms with Crippen LogP contribution in [0.4, 0.5) is 0 Å². The second kappa shape index (κ2) is 8.73. The average molecular weight is 435 g/mol. The summed E-state index contributed by atoms with van der Waals surface area (Å²) in [5.41, 5.74) is 5.61. The van der Waals surface area contributed by atoms with Gasteiger partial charge in [-0.25, -0.2) is 0 Å². The predicted octanol–water partition coefficient (Wildman–Crippen LogP) is 2.37. The Morgan fingerprint density at radius 1 is 0.906 bits per heavy atom. The fourth-order valence-electron chi connectivity index (χ4n) is 4.97. The van der Waals surface area contributed by atoms with Gasteiger partial charge in [-0.15, -0.1) is 0 Å². The Morgan fingerprint density at radius 2 is 1.59 bits per heavy atom. The summed E-state index contributed by atoms with van der Waals surface area (Å²) >= 11 is 0. The van der Waals surface area contributed by atoms with Gasteiger partial charge >= 0.3 is 0 Å². The van der Waals surface area contributed by atoms with Gasteiger partial charge in [0.1, 0.15) is 5.41 Å². The van der Waals surface area contributed by atoms with Gasteiger partial charge in [0, 0.05) is 43.4 Å². The molecule has 0 radical (unpaired) electrons. The second-order valence-corrected chi connectivity index (χ2v) is 9.21. The molecular weight excluding hydrogens is 404 g/mol. The molecule has 1 aromatic heterocycles. The molecule has 3 amide bonds. The van der Waals surface area contributed by atoms with Crippen LogP contribution in [0.15, 0.2) is 54.7 Å². The van der Waals surface area contributed by atoms with Gasteiger partial charge in [0.15, 0.2) is 0 Å². The van der Waals surface area contributed by atoms with Crippen molar-refractivity contribution in [3.05, 3.63) is 66.0 Å². The van der Waals surface area contributed by atoms with Crippen LogP contribution in [0.3, 0.4) is 0 Å². The lowest BCUT2D eigenvalue weighted by atomic mass is 9.73. The molecule has 2 saturated heterocycles. The van der Waals surface area contributed by atoms with Crippen LogP contribution in [0.2, 0.25) is 0 Å². The number of piperidine rings is 2. The quantitative estimate of drug-likeness (QED) is 0.799. The maximum absolute atomic E-state index is 13.6. The minimum Gasteiger partial charge on any atom is -0.369 e. The first-order chi connectivity index (χ1) is 15.4. The SMILES string of the molecule is CC1(C(=O)N2CCC[C@](C(N)=O)(c3ccccn3)C2)CCN(C(=O)c2ccccc2)CC1. The molecule has 168 valence electrons. The predicted molar refractivity (Wildman–Crippen MR) is 121 cm³/mol. The molecule has 2 aliphatic rings. The number of likely N-dealkylation sites (tertiary alicyclic amines) is 2. The Kier molecular flexibility index (Phi) is 6.00. The van der Waals surface area contributed by atoms with Crippen molar-refractivity contribution in [2.24, 2.45) is 11.1 Å². The van der Waals surface area contributed by atoms with Gasteiger partial charge in [-0.2, -0.15) is 0 Å². The minimum atomic E-state index is -0.963. The van der Waals surface area contributed by atoms with E-state index < -0.39 is 16.7 Å². The van der Waals surface area contributed by atoms with Crippen molar-refractivity contribution in [3.63, 3.8) is 0 Å². The number of primary amides is 1. The zero-order valence-electron chi connectivity index (χ0n) is 18.5. The van der Waals surface area contributed by atoms with Crippen LogP contribution >= 0.6 is 0 Å². The van der Waals surface area contributed by atoms with Crippen molar-refractivity contribution < 1.29 is 14.4 Å². The van der Waals surface area contributed by atoms with Gasteiger partial charge in [0.2, 0.25) is 11.8 Å². The molecule has 2 N–H and O–H groups in total. The number of hydrogen-bond donors (Lipinski definition) is 1. The molecule has 2 aliphatic heterocycles. The Morgan fingerprint density at radius 3 is 2.22 bits per heavy atom. The van der Waals surface area contributed by atoms with Crippen molar-refractivity contribution in [1.82, 2.24) is 14.8 Å². The van der Waals surface area contributed by atoms with E-state index in [0.717, 1.165) is 0 Å². The molecule has 4 rings (SSSR count). The van der Waals surface area contributed by atoms with Crippen molar-refractivity contribution in [2.75, 3.05) is 26.2 Å². The normalized spacial score (nSPS) is 22.9. The van der Waals surface area contributed by atoms with Crippen molar-refractivity contribution in [3.8, 4) is 0 Å². The van der Waals surface area contributed by atoms with E-state index in [1.807, 2.05) is 54.3 Å². The minimum absolute atomic E-state index is 0.000897. The highest BCUT2D eigenvalue weighted by atomic mass is 16.2. The highest BCUT2D eigenvalue weighted by Gasteiger charge is 2.48. The van der Waals surface area contributed by atoms with Crippen LogP contribution < -0.4 is 5.73 Å². The molecule has 1 aromatic carbocycles. The van der Waals surface area contributed by atoms with Gasteiger partial charge in [0.25, 0.3) is 5.91 Å². The molecule has 2 aromatic rings. The number of aromatic nitrogens is 1. The van der Waals surface area contributed by atoms with Gasteiger partial charge < -0.3 is 15.5 Å². The van der Waals surface area contributed by atoms with Gasteiger partial charge in [-0.3, -0.25) is 19.4 Å². The molecule has 0 aliphatic carbocycles. The van der Waals surface area contributed by atoms with E-state index in [1.165, 1.54) is 0 Å². The lowest BCUT2D eigenvalue weighted by Gasteiger charge is -2.45. The number of amides is 3. The van der Waals surface area contributed by atoms with E-state index in [4.69, 9.17) is 5.73 Å². The zero-order chi connectivity index (χ0) is 22.8. The maximum atomic E-state index is 13.6. The fraction of sp³-hybridized carbons (Fsp3) is 0.440. The van der Waals surface area contributed by atoms with E-state index in [9.17, 15) is 14.4 Å². The molecule has 1 atom stereocenters. The summed E-state index contributed by atoms with van der Waals surface area (Å²) in [7, 11) is 0. The highest BCUT2D eigenvalue weighted by Crippen LogP contribution is 2.38. The molecule has 0 spiro atoms. The summed E-state index contributed by atoms with van der Waals surface area (Å²) in [6, 6.07) is 14.7. The summed E-state index contributed by atoms with van der Waals surface area (Å²) in [5.74, 6) is -0.409. The topological polar surface area (TPSA) is 96.6 Å². The average Bonchev–Trinajstić information content (AvgIpc) is 2.84. The van der Waals surface area contributed by atoms with Crippen LogP contribution in [0.5, 0.6) is 0 Å². The molecule has 2 fully saturated rings. The van der Waals surface area contributed by atoms with Gasteiger partial charge in [-0.05, 0) is 49.9 Å². The van der Waals surface area contributed by atoms with Crippen LogP contribution in [0.25, 0.3) is 0 Å². The highest BCUT2D eigenvalue weighted by molar-refractivity contribution is 5.94. The maximum Gasteiger partial charge on any atom is 0.253 e. The Bertz CT molecular complexity index is 987. The molecular formula is C25H30N4O3. The van der Waals surface area contributed by atoms with Crippen molar-refractivity contribution in [1.29, 1.82) is 0 Å². The van der Waals surface area contributed by atoms with E-state index in [0.29, 0.717) is 56.6 Å². The number of nitrogens with two attached hydrogens (primary N) is 1. The summed E-state index contributed by atoms with van der Waals surface area (Å²) in [4.78, 5) is 46.9. The summed E-state index contributed by atoms with van der Waals surface area (Å²) in [6.45, 7) is 3.89. The molecule has 0 bridgehead atoms. The molecule has 7 heteroatoms. The number of carbonyl (C=O) groups excluding carboxylic acids is 3. The standard InChI is InChI=1S/C25H30N4O3/c1-24(12-16-28(17-13-24)21(30)19-8-3-2-4-9-19)23(32)29-15-7-11-25(18-29,22(26)31)20-10-5-6-14-27-20/h2-6,8-10,14H,7,11-13,15-18H2,1H3,(H2,26,31)/t25-/m1/s1. The molecule has 32 heavy (non-hydrogen) atoms. The number of nitrogens with zero attached hydrogens (tertiary/aromatic N) is 3. The van der Waals surface area contributed by atoms with Crippen LogP contribution in [-0.4, -0.2) is 58.7 Å². The fourth-order valence-corrected chi connectivity index (χ4v) is 4.97. The third-order valence-electron chi connectivity index (χ3n) is 7.10. The number of hydrogen-bond acceptors (Lipinski definition) is 4. The number of rotatable bonds is 4. The van der Waals surface area contributed by atoms with Crippen LogP contribution in [0.1, 0.15) is 48.7 Å². The third kappa shape index (κ3) is 3.99. The van der Waals surface area contributed by atoms with E-state index in [2.05, 4.69) is 4.98 Å². The lowest BCUT2D eigenvalue weighted by molar-refractivity contribution is -0.147. The van der Waals surface area contributed by atoms with E-state index in [-0.39, 0.29) is 18.4 Å². The van der Waals surface area contributed by atoms with Gasteiger partial charge in [0.05, 0.1) is 5.69 Å². The van der Waals surface area contributed by atoms with Crippen molar-refractivity contribution >= 4 is 17.7 Å². The summed E-state index contributed by atoms with van der Waals surface area (Å²) in [5, 5.41) is 0. The van der Waals surface area contributed by atoms with E-state index >= 15 is 0 Å². The first-order valence-electron chi connectivity index (χ1n) is 11.2. The lowest BCUT2D eigenvalue weighted by Crippen LogP contribution is -2.58. The third-order valence-corrected chi connectivity index (χ3v) is 7.10. The smallest absolute Gasteiger partial charge is 0.253 e. The first kappa shape index (κ1) is 22.0. The number of benzene rings is 1. The van der Waals surface area contributed by atoms with Crippen LogP contribution in [-0.2, 0) is 15.0 Å².